The number of aliphatic hydroxyl groups excluding tert-OH is 1. The predicted molar refractivity (Wildman–Crippen MR) is 135 cm³/mol. The minimum atomic E-state index is -1.35. The number of aromatic nitrogens is 1. The van der Waals surface area contributed by atoms with Crippen molar-refractivity contribution in [1.29, 1.82) is 0 Å². The molecule has 0 aliphatic carbocycles. The Bertz CT molecular complexity index is 1310. The number of ether oxygens (including phenoxy) is 1. The molecule has 1 fully saturated rings. The highest BCUT2D eigenvalue weighted by molar-refractivity contribution is 6.32. The smallest absolute Gasteiger partial charge is 0.144 e. The topological polar surface area (TPSA) is 45.6 Å². The SMILES string of the molecule is COc1ccc2ncc(Cl)c(C(F)CCC3(CO)CCN(CC#Cc4c(F)cc(F)cc4F)CC3)c2c1. The number of likely N-dealkylation sites (tertiary alicyclic amines) is 1. The molecule has 2 aromatic carbocycles. The van der Waals surface area contributed by atoms with Crippen LogP contribution in [0.2, 0.25) is 5.02 Å². The highest BCUT2D eigenvalue weighted by Gasteiger charge is 2.35. The van der Waals surface area contributed by atoms with Crippen LogP contribution in [0.1, 0.15) is 43.0 Å². The van der Waals surface area contributed by atoms with Gasteiger partial charge in [-0.15, -0.1) is 0 Å². The summed E-state index contributed by atoms with van der Waals surface area (Å²) in [6.45, 7) is 1.38. The number of halogens is 5. The van der Waals surface area contributed by atoms with E-state index in [9.17, 15) is 18.3 Å². The molecular weight excluding hydrogens is 508 g/mol. The average molecular weight is 535 g/mol. The first-order chi connectivity index (χ1) is 17.7. The number of piperidine rings is 1. The van der Waals surface area contributed by atoms with Crippen molar-refractivity contribution in [2.24, 2.45) is 5.41 Å². The third-order valence-corrected chi connectivity index (χ3v) is 7.39. The van der Waals surface area contributed by atoms with Gasteiger partial charge in [0.05, 0.1) is 29.8 Å². The molecule has 37 heavy (non-hydrogen) atoms. The number of hydrogen-bond donors (Lipinski definition) is 1. The average Bonchev–Trinajstić information content (AvgIpc) is 2.89. The highest BCUT2D eigenvalue weighted by Crippen LogP contribution is 2.41. The molecule has 4 nitrogen and oxygen atoms in total. The Kier molecular flexibility index (Phi) is 8.58. The highest BCUT2D eigenvalue weighted by atomic mass is 35.5. The molecule has 0 spiro atoms. The van der Waals surface area contributed by atoms with E-state index in [1.165, 1.54) is 13.3 Å². The van der Waals surface area contributed by atoms with Crippen LogP contribution in [0.25, 0.3) is 10.9 Å². The van der Waals surface area contributed by atoms with Crippen LogP contribution >= 0.6 is 11.6 Å². The van der Waals surface area contributed by atoms with Crippen LogP contribution in [0.15, 0.2) is 36.5 Å². The fourth-order valence-corrected chi connectivity index (χ4v) is 5.03. The third-order valence-electron chi connectivity index (χ3n) is 7.08. The second kappa shape index (κ2) is 11.7. The van der Waals surface area contributed by atoms with Gasteiger partial charge in [0.1, 0.15) is 29.4 Å². The number of pyridine rings is 1. The lowest BCUT2D eigenvalue weighted by atomic mass is 9.74. The molecule has 9 heteroatoms. The lowest BCUT2D eigenvalue weighted by Gasteiger charge is -2.40. The van der Waals surface area contributed by atoms with E-state index < -0.39 is 34.6 Å². The van der Waals surface area contributed by atoms with Gasteiger partial charge in [-0.2, -0.15) is 0 Å². The lowest BCUT2D eigenvalue weighted by Crippen LogP contribution is -2.42. The van der Waals surface area contributed by atoms with E-state index in [0.717, 1.165) is 0 Å². The summed E-state index contributed by atoms with van der Waals surface area (Å²) in [5.74, 6) is 2.70. The van der Waals surface area contributed by atoms with Crippen LogP contribution in [0.5, 0.6) is 5.75 Å². The van der Waals surface area contributed by atoms with Gasteiger partial charge in [0.2, 0.25) is 0 Å². The molecule has 1 atom stereocenters. The minimum absolute atomic E-state index is 0.0795. The molecule has 0 radical (unpaired) electrons. The van der Waals surface area contributed by atoms with Gasteiger partial charge in [-0.25, -0.2) is 17.6 Å². The monoisotopic (exact) mass is 534 g/mol. The Morgan fingerprint density at radius 2 is 1.86 bits per heavy atom. The van der Waals surface area contributed by atoms with Gasteiger partial charge in [-0.3, -0.25) is 9.88 Å². The maximum Gasteiger partial charge on any atom is 0.144 e. The summed E-state index contributed by atoms with van der Waals surface area (Å²) in [6, 6.07) is 6.43. The van der Waals surface area contributed by atoms with Gasteiger partial charge >= 0.3 is 0 Å². The molecular formula is C28H27ClF4N2O2. The minimum Gasteiger partial charge on any atom is -0.497 e. The summed E-state index contributed by atoms with van der Waals surface area (Å²) in [5, 5.41) is 11.0. The van der Waals surface area contributed by atoms with Crippen LogP contribution in [-0.4, -0.2) is 48.3 Å². The molecule has 2 heterocycles. The fourth-order valence-electron chi connectivity index (χ4n) is 4.76. The zero-order valence-electron chi connectivity index (χ0n) is 20.3. The van der Waals surface area contributed by atoms with E-state index in [-0.39, 0.29) is 24.6 Å². The van der Waals surface area contributed by atoms with Crippen molar-refractivity contribution in [1.82, 2.24) is 9.88 Å². The molecule has 3 aromatic rings. The van der Waals surface area contributed by atoms with Crippen LogP contribution in [0.4, 0.5) is 17.6 Å². The van der Waals surface area contributed by atoms with Crippen LogP contribution in [0, 0.1) is 34.7 Å². The second-order valence-corrected chi connectivity index (χ2v) is 9.80. The second-order valence-electron chi connectivity index (χ2n) is 9.39. The molecule has 0 saturated carbocycles. The van der Waals surface area contributed by atoms with E-state index in [4.69, 9.17) is 16.3 Å². The van der Waals surface area contributed by atoms with Gasteiger partial charge < -0.3 is 9.84 Å². The molecule has 1 N–H and O–H groups in total. The van der Waals surface area contributed by atoms with Crippen LogP contribution in [0.3, 0.4) is 0 Å². The van der Waals surface area contributed by atoms with E-state index in [1.807, 2.05) is 4.90 Å². The van der Waals surface area contributed by atoms with Gasteiger partial charge in [0, 0.05) is 35.9 Å². The summed E-state index contributed by atoms with van der Waals surface area (Å²) >= 11 is 6.35. The number of alkyl halides is 1. The summed E-state index contributed by atoms with van der Waals surface area (Å²) < 4.78 is 61.5. The molecule has 1 saturated heterocycles. The lowest BCUT2D eigenvalue weighted by molar-refractivity contribution is 0.0344. The van der Waals surface area contributed by atoms with Crippen molar-refractivity contribution >= 4 is 22.5 Å². The van der Waals surface area contributed by atoms with Crippen molar-refractivity contribution < 1.29 is 27.4 Å². The fraction of sp³-hybridized carbons (Fsp3) is 0.393. The van der Waals surface area contributed by atoms with E-state index in [2.05, 4.69) is 16.8 Å². The number of fused-ring (bicyclic) bond motifs is 1. The molecule has 1 unspecified atom stereocenters. The predicted octanol–water partition coefficient (Wildman–Crippen LogP) is 6.23. The zero-order valence-corrected chi connectivity index (χ0v) is 21.1. The van der Waals surface area contributed by atoms with Crippen molar-refractivity contribution in [2.45, 2.75) is 31.9 Å². The first kappa shape index (κ1) is 27.2. The van der Waals surface area contributed by atoms with E-state index in [0.29, 0.717) is 66.7 Å². The normalized spacial score (nSPS) is 16.3. The Hall–Kier alpha value is -2.86. The molecule has 1 aliphatic heterocycles. The van der Waals surface area contributed by atoms with Crippen molar-refractivity contribution in [3.8, 4) is 17.6 Å². The molecule has 196 valence electrons. The first-order valence-electron chi connectivity index (χ1n) is 12.0. The number of nitrogens with zero attached hydrogens (tertiary/aromatic N) is 2. The Labute approximate surface area is 218 Å². The molecule has 0 amide bonds. The Morgan fingerprint density at radius 1 is 1.16 bits per heavy atom. The maximum atomic E-state index is 15.6. The van der Waals surface area contributed by atoms with Crippen molar-refractivity contribution in [3.63, 3.8) is 0 Å². The van der Waals surface area contributed by atoms with Crippen molar-refractivity contribution in [3.05, 3.63) is 70.1 Å². The molecule has 1 aliphatic rings. The number of benzene rings is 2. The standard InChI is InChI=1S/C28H27ClF4N2O2/c1-37-19-4-5-26-21(15-19)27(22(29)16-34-26)23(31)6-7-28(17-36)8-11-35(12-9-28)10-2-3-20-24(32)13-18(30)14-25(20)33/h4-5,13-16,23,36H,6-12,17H2,1H3. The maximum absolute atomic E-state index is 15.6. The number of aliphatic hydroxyl groups is 1. The summed E-state index contributed by atoms with van der Waals surface area (Å²) in [6.07, 6.45) is 1.98. The Morgan fingerprint density at radius 3 is 2.51 bits per heavy atom. The number of methoxy groups -OCH3 is 1. The van der Waals surface area contributed by atoms with Gasteiger partial charge in [0.15, 0.2) is 0 Å². The Balaban J connectivity index is 1.38. The number of hydrogen-bond acceptors (Lipinski definition) is 4. The summed E-state index contributed by atoms with van der Waals surface area (Å²) in [4.78, 5) is 6.28. The van der Waals surface area contributed by atoms with Gasteiger partial charge in [0.25, 0.3) is 0 Å². The van der Waals surface area contributed by atoms with Gasteiger partial charge in [-0.1, -0.05) is 23.4 Å². The summed E-state index contributed by atoms with van der Waals surface area (Å²) in [7, 11) is 1.54. The zero-order chi connectivity index (χ0) is 26.6. The third kappa shape index (κ3) is 6.18. The van der Waals surface area contributed by atoms with E-state index >= 15 is 4.39 Å². The number of rotatable bonds is 7. The molecule has 0 bridgehead atoms. The largest absolute Gasteiger partial charge is 0.497 e. The molecule has 4 rings (SSSR count). The first-order valence-corrected chi connectivity index (χ1v) is 12.4. The summed E-state index contributed by atoms with van der Waals surface area (Å²) in [5.41, 5.74) is 0.0781. The van der Waals surface area contributed by atoms with Crippen molar-refractivity contribution in [2.75, 3.05) is 33.4 Å². The quantitative estimate of drug-likeness (QED) is 0.288. The van der Waals surface area contributed by atoms with Crippen LogP contribution in [-0.2, 0) is 0 Å². The van der Waals surface area contributed by atoms with Gasteiger partial charge in [-0.05, 0) is 62.4 Å². The van der Waals surface area contributed by atoms with E-state index in [1.54, 1.807) is 18.2 Å². The van der Waals surface area contributed by atoms with Crippen LogP contribution < -0.4 is 4.74 Å². The molecule has 1 aromatic heterocycles.